The van der Waals surface area contributed by atoms with Crippen molar-refractivity contribution < 1.29 is 8.42 Å². The Kier molecular flexibility index (Phi) is 4.36. The van der Waals surface area contributed by atoms with Crippen molar-refractivity contribution in [2.75, 3.05) is 0 Å². The first-order chi connectivity index (χ1) is 4.87. The summed E-state index contributed by atoms with van der Waals surface area (Å²) in [6.07, 6.45) is 0.931. The van der Waals surface area contributed by atoms with Gasteiger partial charge < -0.3 is 0 Å². The maximum atomic E-state index is 10.5. The minimum atomic E-state index is -3.56. The molecule has 0 aliphatic carbocycles. The summed E-state index contributed by atoms with van der Waals surface area (Å²) in [6, 6.07) is -0.0949. The molecule has 0 bridgehead atoms. The number of hydrogen-bond donors (Lipinski definition) is 1. The van der Waals surface area contributed by atoms with E-state index in [1.165, 1.54) is 0 Å². The highest BCUT2D eigenvalue weighted by Gasteiger charge is 2.15. The zero-order valence-corrected chi connectivity index (χ0v) is 8.54. The molecule has 11 heavy (non-hydrogen) atoms. The van der Waals surface area contributed by atoms with Crippen LogP contribution in [0.1, 0.15) is 27.2 Å². The molecule has 0 aromatic heterocycles. The normalized spacial score (nSPS) is 17.8. The molecule has 5 heteroatoms. The number of rotatable bonds is 4. The Bertz CT molecular complexity index is 203. The summed E-state index contributed by atoms with van der Waals surface area (Å²) < 4.78 is 23.3. The predicted molar refractivity (Wildman–Crippen MR) is 46.8 cm³/mol. The molecule has 0 saturated carbocycles. The molecule has 2 unspecified atom stereocenters. The van der Waals surface area contributed by atoms with E-state index < -0.39 is 9.24 Å². The van der Waals surface area contributed by atoms with Crippen molar-refractivity contribution in [3.8, 4) is 0 Å². The Morgan fingerprint density at radius 3 is 2.18 bits per heavy atom. The Labute approximate surface area is 72.7 Å². The highest BCUT2D eigenvalue weighted by molar-refractivity contribution is 8.12. The van der Waals surface area contributed by atoms with Crippen LogP contribution in [0.5, 0.6) is 0 Å². The van der Waals surface area contributed by atoms with E-state index in [1.54, 1.807) is 6.92 Å². The summed E-state index contributed by atoms with van der Waals surface area (Å²) in [4.78, 5) is 0. The SMILES string of the molecule is CCC(C)C(C)NS(=O)(=O)Cl. The molecule has 0 amide bonds. The van der Waals surface area contributed by atoms with Crippen molar-refractivity contribution in [3.63, 3.8) is 0 Å². The third-order valence-electron chi connectivity index (χ3n) is 1.82. The van der Waals surface area contributed by atoms with Gasteiger partial charge in [-0.3, -0.25) is 0 Å². The zero-order chi connectivity index (χ0) is 9.07. The van der Waals surface area contributed by atoms with Gasteiger partial charge in [0.15, 0.2) is 0 Å². The smallest absolute Gasteiger partial charge is 0.199 e. The molecule has 0 spiro atoms. The van der Waals surface area contributed by atoms with Gasteiger partial charge in [-0.1, -0.05) is 20.3 Å². The van der Waals surface area contributed by atoms with Crippen molar-refractivity contribution in [1.82, 2.24) is 4.72 Å². The van der Waals surface area contributed by atoms with E-state index in [2.05, 4.69) is 4.72 Å². The van der Waals surface area contributed by atoms with Gasteiger partial charge in [0.1, 0.15) is 0 Å². The Hall–Kier alpha value is 0.200. The van der Waals surface area contributed by atoms with E-state index in [4.69, 9.17) is 10.7 Å². The van der Waals surface area contributed by atoms with Crippen LogP contribution >= 0.6 is 10.7 Å². The van der Waals surface area contributed by atoms with Gasteiger partial charge in [0.25, 0.3) is 9.24 Å². The Balaban J connectivity index is 3.98. The number of nitrogens with one attached hydrogen (secondary N) is 1. The van der Waals surface area contributed by atoms with E-state index in [1.807, 2.05) is 13.8 Å². The predicted octanol–water partition coefficient (Wildman–Crippen LogP) is 1.49. The van der Waals surface area contributed by atoms with Gasteiger partial charge >= 0.3 is 0 Å². The molecule has 0 aliphatic heterocycles. The van der Waals surface area contributed by atoms with Crippen molar-refractivity contribution in [2.45, 2.75) is 33.2 Å². The average molecular weight is 200 g/mol. The van der Waals surface area contributed by atoms with E-state index in [9.17, 15) is 8.42 Å². The lowest BCUT2D eigenvalue weighted by atomic mass is 10.0. The third-order valence-corrected chi connectivity index (χ3v) is 2.74. The summed E-state index contributed by atoms with van der Waals surface area (Å²) in [7, 11) is 1.43. The lowest BCUT2D eigenvalue weighted by Crippen LogP contribution is -2.34. The second kappa shape index (κ2) is 4.28. The summed E-state index contributed by atoms with van der Waals surface area (Å²) >= 11 is 0. The van der Waals surface area contributed by atoms with E-state index in [0.717, 1.165) is 6.42 Å². The molecule has 0 heterocycles. The fourth-order valence-electron chi connectivity index (χ4n) is 0.692. The van der Waals surface area contributed by atoms with Crippen molar-refractivity contribution in [2.24, 2.45) is 5.92 Å². The van der Waals surface area contributed by atoms with Gasteiger partial charge in [0, 0.05) is 16.7 Å². The second-order valence-electron chi connectivity index (χ2n) is 2.73. The van der Waals surface area contributed by atoms with Crippen molar-refractivity contribution in [1.29, 1.82) is 0 Å². The highest BCUT2D eigenvalue weighted by Crippen LogP contribution is 2.08. The maximum Gasteiger partial charge on any atom is 0.297 e. The molecule has 0 radical (unpaired) electrons. The van der Waals surface area contributed by atoms with Gasteiger partial charge in [-0.05, 0) is 12.8 Å². The molecule has 2 atom stereocenters. The quantitative estimate of drug-likeness (QED) is 0.698. The van der Waals surface area contributed by atoms with Crippen molar-refractivity contribution in [3.05, 3.63) is 0 Å². The number of hydrogen-bond acceptors (Lipinski definition) is 2. The topological polar surface area (TPSA) is 46.2 Å². The highest BCUT2D eigenvalue weighted by atomic mass is 35.7. The molecule has 0 saturated heterocycles. The molecule has 0 aliphatic rings. The summed E-state index contributed by atoms with van der Waals surface area (Å²) in [5, 5.41) is 0. The van der Waals surface area contributed by atoms with Crippen LogP contribution < -0.4 is 4.72 Å². The second-order valence-corrected chi connectivity index (χ2v) is 5.06. The maximum absolute atomic E-state index is 10.5. The van der Waals surface area contributed by atoms with Crippen LogP contribution in [0, 0.1) is 5.92 Å². The zero-order valence-electron chi connectivity index (χ0n) is 6.96. The van der Waals surface area contributed by atoms with Crippen LogP contribution in [0.15, 0.2) is 0 Å². The molecule has 68 valence electrons. The minimum Gasteiger partial charge on any atom is -0.199 e. The van der Waals surface area contributed by atoms with Crippen LogP contribution in [-0.4, -0.2) is 14.5 Å². The van der Waals surface area contributed by atoms with E-state index in [0.29, 0.717) is 5.92 Å². The summed E-state index contributed by atoms with van der Waals surface area (Å²) in [5.41, 5.74) is 0. The standard InChI is InChI=1S/C6H14ClNO2S/c1-4-5(2)6(3)8-11(7,9)10/h5-6,8H,4H2,1-3H3. The van der Waals surface area contributed by atoms with Gasteiger partial charge in [-0.25, -0.2) is 0 Å². The molecule has 0 fully saturated rings. The average Bonchev–Trinajstić information content (AvgIpc) is 1.82. The molecule has 3 nitrogen and oxygen atoms in total. The molecule has 0 aromatic rings. The van der Waals surface area contributed by atoms with Gasteiger partial charge in [0.05, 0.1) is 0 Å². The van der Waals surface area contributed by atoms with Gasteiger partial charge in [-0.15, -0.1) is 0 Å². The molecule has 1 N–H and O–H groups in total. The number of halogens is 1. The lowest BCUT2D eigenvalue weighted by molar-refractivity contribution is 0.437. The van der Waals surface area contributed by atoms with Crippen LogP contribution in [-0.2, 0) is 9.24 Å². The summed E-state index contributed by atoms with van der Waals surface area (Å²) in [5.74, 6) is 0.309. The monoisotopic (exact) mass is 199 g/mol. The van der Waals surface area contributed by atoms with Crippen LogP contribution in [0.4, 0.5) is 0 Å². The Morgan fingerprint density at radius 1 is 1.45 bits per heavy atom. The van der Waals surface area contributed by atoms with Gasteiger partial charge in [-0.2, -0.15) is 13.1 Å². The largest absolute Gasteiger partial charge is 0.297 e. The Morgan fingerprint density at radius 2 is 1.91 bits per heavy atom. The molecular formula is C6H14ClNO2S. The first-order valence-electron chi connectivity index (χ1n) is 3.58. The fraction of sp³-hybridized carbons (Fsp3) is 1.00. The first kappa shape index (κ1) is 11.2. The summed E-state index contributed by atoms with van der Waals surface area (Å²) in [6.45, 7) is 5.78. The molecule has 0 rings (SSSR count). The van der Waals surface area contributed by atoms with Crippen LogP contribution in [0.25, 0.3) is 0 Å². The van der Waals surface area contributed by atoms with E-state index >= 15 is 0 Å². The van der Waals surface area contributed by atoms with Gasteiger partial charge in [0.2, 0.25) is 0 Å². The fourth-order valence-corrected chi connectivity index (χ4v) is 1.79. The van der Waals surface area contributed by atoms with Crippen LogP contribution in [0.3, 0.4) is 0 Å². The molecule has 0 aromatic carbocycles. The van der Waals surface area contributed by atoms with E-state index in [-0.39, 0.29) is 6.04 Å². The van der Waals surface area contributed by atoms with Crippen LogP contribution in [0.2, 0.25) is 0 Å². The van der Waals surface area contributed by atoms with Crippen molar-refractivity contribution >= 4 is 19.9 Å². The lowest BCUT2D eigenvalue weighted by Gasteiger charge is -2.17. The first-order valence-corrected chi connectivity index (χ1v) is 5.89. The minimum absolute atomic E-state index is 0.0949. The third kappa shape index (κ3) is 5.47. The molecular weight excluding hydrogens is 186 g/mol.